The van der Waals surface area contributed by atoms with Crippen LogP contribution in [0.5, 0.6) is 0 Å². The number of nitrogens with one attached hydrogen (secondary N) is 1. The zero-order valence-electron chi connectivity index (χ0n) is 16.5. The van der Waals surface area contributed by atoms with E-state index in [4.69, 9.17) is 16.3 Å². The van der Waals surface area contributed by atoms with Crippen LogP contribution in [-0.2, 0) is 15.1 Å². The normalized spacial score (nSPS) is 28.8. The highest BCUT2D eigenvalue weighted by atomic mass is 35.5. The van der Waals surface area contributed by atoms with Gasteiger partial charge in [0, 0.05) is 29.2 Å². The second-order valence-corrected chi connectivity index (χ2v) is 8.41. The zero-order valence-corrected chi connectivity index (χ0v) is 17.3. The van der Waals surface area contributed by atoms with E-state index in [1.54, 1.807) is 19.1 Å². The van der Waals surface area contributed by atoms with E-state index in [2.05, 4.69) is 18.3 Å². The Bertz CT molecular complexity index is 826. The van der Waals surface area contributed by atoms with Crippen LogP contribution in [0.2, 0.25) is 5.02 Å². The van der Waals surface area contributed by atoms with Gasteiger partial charge in [0.1, 0.15) is 6.61 Å². The Hall–Kier alpha value is -1.92. The minimum absolute atomic E-state index is 0.0201. The predicted octanol–water partition coefficient (Wildman–Crippen LogP) is 4.93. The first-order valence-corrected chi connectivity index (χ1v) is 10.2. The first-order valence-electron chi connectivity index (χ1n) is 9.80. The highest BCUT2D eigenvalue weighted by Gasteiger charge is 2.56. The molecular weight excluding hydrogens is 400 g/mol. The molecule has 2 N–H and O–H groups in total. The third-order valence-electron chi connectivity index (χ3n) is 5.80. The van der Waals surface area contributed by atoms with Crippen LogP contribution in [0.4, 0.5) is 14.5 Å². The molecule has 0 aromatic heterocycles. The highest BCUT2D eigenvalue weighted by molar-refractivity contribution is 6.30. The first-order chi connectivity index (χ1) is 13.6. The number of hydrogen-bond donors (Lipinski definition) is 2. The number of fused-ring (bicyclic) bond motifs is 1. The van der Waals surface area contributed by atoms with Crippen LogP contribution >= 0.6 is 11.6 Å². The number of alkyl halides is 2. The summed E-state index contributed by atoms with van der Waals surface area (Å²) in [6, 6.07) is 4.39. The molecule has 1 heterocycles. The molecule has 2 aliphatic rings. The van der Waals surface area contributed by atoms with Crippen LogP contribution in [0.3, 0.4) is 0 Å². The van der Waals surface area contributed by atoms with E-state index in [1.165, 1.54) is 6.07 Å². The molecule has 0 saturated heterocycles. The summed E-state index contributed by atoms with van der Waals surface area (Å²) in [7, 11) is 0. The number of esters is 1. The maximum atomic E-state index is 14.9. The molecule has 0 saturated carbocycles. The van der Waals surface area contributed by atoms with Gasteiger partial charge in [0.25, 0.3) is 5.92 Å². The van der Waals surface area contributed by atoms with E-state index >= 15 is 0 Å². The van der Waals surface area contributed by atoms with E-state index in [0.29, 0.717) is 12.1 Å². The van der Waals surface area contributed by atoms with Gasteiger partial charge >= 0.3 is 5.97 Å². The average molecular weight is 426 g/mol. The first kappa shape index (κ1) is 21.8. The Morgan fingerprint density at radius 1 is 1.38 bits per heavy atom. The van der Waals surface area contributed by atoms with Gasteiger partial charge in [-0.25, -0.2) is 8.78 Å². The number of carbonyl (C=O) groups excluding carboxylic acids is 1. The molecule has 0 radical (unpaired) electrons. The molecule has 29 heavy (non-hydrogen) atoms. The number of rotatable bonds is 5. The van der Waals surface area contributed by atoms with Crippen molar-refractivity contribution < 1.29 is 23.4 Å². The monoisotopic (exact) mass is 425 g/mol. The second-order valence-electron chi connectivity index (χ2n) is 7.97. The average Bonchev–Trinajstić information content (AvgIpc) is 2.77. The molecule has 0 spiro atoms. The highest BCUT2D eigenvalue weighted by Crippen LogP contribution is 2.46. The minimum Gasteiger partial charge on any atom is -0.462 e. The van der Waals surface area contributed by atoms with Crippen molar-refractivity contribution in [3.63, 3.8) is 0 Å². The van der Waals surface area contributed by atoms with Crippen molar-refractivity contribution in [3.05, 3.63) is 53.1 Å². The molecule has 0 fully saturated rings. The van der Waals surface area contributed by atoms with Gasteiger partial charge in [-0.3, -0.25) is 4.79 Å². The molecule has 1 aromatic rings. The maximum Gasteiger partial charge on any atom is 0.308 e. The summed E-state index contributed by atoms with van der Waals surface area (Å²) in [4.78, 5) is 12.5. The summed E-state index contributed by atoms with van der Waals surface area (Å²) in [5, 5.41) is 14.1. The molecule has 4 atom stereocenters. The fraction of sp³-hybridized carbons (Fsp3) is 0.500. The summed E-state index contributed by atoms with van der Waals surface area (Å²) in [6.45, 7) is 2.91. The second kappa shape index (κ2) is 8.44. The van der Waals surface area contributed by atoms with Crippen LogP contribution in [-0.4, -0.2) is 30.2 Å². The molecule has 4 nitrogen and oxygen atoms in total. The lowest BCUT2D eigenvalue weighted by Crippen LogP contribution is -2.49. The van der Waals surface area contributed by atoms with Crippen molar-refractivity contribution >= 4 is 23.3 Å². The van der Waals surface area contributed by atoms with Gasteiger partial charge < -0.3 is 15.2 Å². The zero-order chi connectivity index (χ0) is 21.2. The van der Waals surface area contributed by atoms with Gasteiger partial charge in [-0.1, -0.05) is 49.8 Å². The lowest BCUT2D eigenvalue weighted by Gasteiger charge is -2.35. The summed E-state index contributed by atoms with van der Waals surface area (Å²) in [6.07, 6.45) is 7.94. The van der Waals surface area contributed by atoms with Crippen LogP contribution < -0.4 is 5.32 Å². The molecule has 3 rings (SSSR count). The van der Waals surface area contributed by atoms with Crippen LogP contribution in [0.25, 0.3) is 0 Å². The molecule has 1 aliphatic carbocycles. The molecule has 1 aromatic carbocycles. The summed E-state index contributed by atoms with van der Waals surface area (Å²) in [5.74, 6) is -4.13. The third kappa shape index (κ3) is 4.48. The number of hydrogen-bond acceptors (Lipinski definition) is 4. The summed E-state index contributed by atoms with van der Waals surface area (Å²) < 4.78 is 34.9. The van der Waals surface area contributed by atoms with E-state index in [0.717, 1.165) is 0 Å². The quantitative estimate of drug-likeness (QED) is 0.657. The molecule has 158 valence electrons. The minimum atomic E-state index is -3.50. The number of ether oxygens (including phenoxy) is 1. The maximum absolute atomic E-state index is 14.9. The predicted molar refractivity (Wildman–Crippen MR) is 109 cm³/mol. The number of aliphatic hydroxyl groups is 1. The van der Waals surface area contributed by atoms with Gasteiger partial charge in [0.2, 0.25) is 0 Å². The topological polar surface area (TPSA) is 58.6 Å². The van der Waals surface area contributed by atoms with Crippen molar-refractivity contribution in [2.75, 3.05) is 18.5 Å². The number of benzene rings is 1. The lowest BCUT2D eigenvalue weighted by atomic mass is 9.83. The smallest absolute Gasteiger partial charge is 0.308 e. The van der Waals surface area contributed by atoms with Gasteiger partial charge in [0.05, 0.1) is 5.92 Å². The number of carbonyl (C=O) groups is 1. The van der Waals surface area contributed by atoms with Gasteiger partial charge in [-0.05, 0) is 36.5 Å². The van der Waals surface area contributed by atoms with Crippen molar-refractivity contribution in [2.45, 2.75) is 38.2 Å². The van der Waals surface area contributed by atoms with Gasteiger partial charge in [0.15, 0.2) is 5.60 Å². The van der Waals surface area contributed by atoms with Crippen LogP contribution in [0, 0.1) is 17.8 Å². The Balaban J connectivity index is 1.75. The fourth-order valence-corrected chi connectivity index (χ4v) is 4.01. The number of allylic oxidation sites excluding steroid dienone is 4. The standard InChI is InChI=1S/C22H26ClF2NO3/c1-14-5-3-4-6-16(14)11-15(2)20(27)29-13-21(28)18-12-17(23)7-8-19(18)26-10-9-22(21,24)25/h3-8,12,14-16,26,28H,9-11,13H2,1-2H3/t14?,15-,16?,21+/m0/s1. The van der Waals surface area contributed by atoms with E-state index < -0.39 is 36.4 Å². The Morgan fingerprint density at radius 2 is 2.10 bits per heavy atom. The van der Waals surface area contributed by atoms with Crippen molar-refractivity contribution in [3.8, 4) is 0 Å². The summed E-state index contributed by atoms with van der Waals surface area (Å²) in [5.41, 5.74) is -2.37. The Kier molecular flexibility index (Phi) is 6.34. The summed E-state index contributed by atoms with van der Waals surface area (Å²) >= 11 is 5.98. The number of halogens is 3. The molecule has 2 unspecified atom stereocenters. The van der Waals surface area contributed by atoms with Crippen LogP contribution in [0.1, 0.15) is 32.3 Å². The van der Waals surface area contributed by atoms with Crippen molar-refractivity contribution in [1.29, 1.82) is 0 Å². The molecule has 7 heteroatoms. The van der Waals surface area contributed by atoms with Crippen molar-refractivity contribution in [2.24, 2.45) is 17.8 Å². The molecule has 0 bridgehead atoms. The lowest BCUT2D eigenvalue weighted by molar-refractivity contribution is -0.215. The van der Waals surface area contributed by atoms with Crippen LogP contribution in [0.15, 0.2) is 42.5 Å². The van der Waals surface area contributed by atoms with E-state index in [1.807, 2.05) is 18.2 Å². The van der Waals surface area contributed by atoms with E-state index in [9.17, 15) is 18.7 Å². The number of anilines is 1. The Morgan fingerprint density at radius 3 is 2.83 bits per heavy atom. The fourth-order valence-electron chi connectivity index (χ4n) is 3.83. The molecular formula is C22H26ClF2NO3. The van der Waals surface area contributed by atoms with Gasteiger partial charge in [-0.15, -0.1) is 0 Å². The Labute approximate surface area is 174 Å². The molecule has 0 amide bonds. The molecule has 1 aliphatic heterocycles. The van der Waals surface area contributed by atoms with E-state index in [-0.39, 0.29) is 29.0 Å². The largest absolute Gasteiger partial charge is 0.462 e. The third-order valence-corrected chi connectivity index (χ3v) is 6.03. The van der Waals surface area contributed by atoms with Crippen molar-refractivity contribution in [1.82, 2.24) is 0 Å². The SMILES string of the molecule is CC1C=CC=CC1C[C@H](C)C(=O)OC[C@@]1(O)c2cc(Cl)ccc2NCCC1(F)F. The van der Waals surface area contributed by atoms with Gasteiger partial charge in [-0.2, -0.15) is 0 Å².